The molecule has 0 aromatic heterocycles. The van der Waals surface area contributed by atoms with E-state index in [9.17, 15) is 13.2 Å². The van der Waals surface area contributed by atoms with Gasteiger partial charge in [0.1, 0.15) is 0 Å². The fourth-order valence-corrected chi connectivity index (χ4v) is 2.30. The Morgan fingerprint density at radius 1 is 1.35 bits per heavy atom. The van der Waals surface area contributed by atoms with Crippen LogP contribution in [0.3, 0.4) is 0 Å². The molecule has 0 aliphatic rings. The van der Waals surface area contributed by atoms with Crippen molar-refractivity contribution in [3.05, 3.63) is 35.9 Å². The second kappa shape index (κ2) is 5.79. The van der Waals surface area contributed by atoms with Crippen LogP contribution >= 0.6 is 0 Å². The summed E-state index contributed by atoms with van der Waals surface area (Å²) in [5.74, 6) is -1.53. The molecule has 6 heteroatoms. The molecule has 1 aromatic rings. The Bertz CT molecular complexity index is 466. The highest BCUT2D eigenvalue weighted by molar-refractivity contribution is 7.86. The van der Waals surface area contributed by atoms with Gasteiger partial charge in [-0.15, -0.1) is 0 Å². The molecule has 94 valence electrons. The van der Waals surface area contributed by atoms with Gasteiger partial charge >= 0.3 is 5.97 Å². The first kappa shape index (κ1) is 13.7. The van der Waals surface area contributed by atoms with E-state index in [1.807, 2.05) is 18.2 Å². The minimum atomic E-state index is -3.80. The van der Waals surface area contributed by atoms with Crippen LogP contribution in [0.5, 0.6) is 0 Å². The lowest BCUT2D eigenvalue weighted by atomic mass is 10.2. The van der Waals surface area contributed by atoms with E-state index in [1.165, 1.54) is 6.92 Å². The molecule has 0 saturated carbocycles. The molecule has 0 aliphatic carbocycles. The zero-order chi connectivity index (χ0) is 12.9. The van der Waals surface area contributed by atoms with E-state index in [4.69, 9.17) is 5.11 Å². The Morgan fingerprint density at radius 2 is 1.94 bits per heavy atom. The molecule has 1 atom stereocenters. The van der Waals surface area contributed by atoms with Gasteiger partial charge in [0.05, 0.1) is 5.75 Å². The van der Waals surface area contributed by atoms with Gasteiger partial charge in [0, 0.05) is 0 Å². The van der Waals surface area contributed by atoms with Crippen molar-refractivity contribution in [2.24, 2.45) is 0 Å². The fourth-order valence-electron chi connectivity index (χ4n) is 1.20. The summed E-state index contributed by atoms with van der Waals surface area (Å²) in [6.07, 6.45) is -1.05. The molecule has 0 amide bonds. The summed E-state index contributed by atoms with van der Waals surface area (Å²) in [5, 5.41) is 8.54. The number of hydrogen-bond donors (Lipinski definition) is 1. The van der Waals surface area contributed by atoms with Crippen molar-refractivity contribution in [2.75, 3.05) is 5.75 Å². The SMILES string of the molecule is CC(OS(=O)(=O)CCc1ccccc1)C(=O)O. The van der Waals surface area contributed by atoms with E-state index in [0.717, 1.165) is 5.56 Å². The van der Waals surface area contributed by atoms with Gasteiger partial charge in [-0.3, -0.25) is 4.18 Å². The van der Waals surface area contributed by atoms with Crippen molar-refractivity contribution in [1.82, 2.24) is 0 Å². The van der Waals surface area contributed by atoms with E-state index in [1.54, 1.807) is 12.1 Å². The molecule has 1 unspecified atom stereocenters. The van der Waals surface area contributed by atoms with Crippen LogP contribution < -0.4 is 0 Å². The molecule has 1 N–H and O–H groups in total. The maximum atomic E-state index is 11.4. The number of benzene rings is 1. The van der Waals surface area contributed by atoms with Crippen molar-refractivity contribution >= 4 is 16.1 Å². The molecule has 0 fully saturated rings. The summed E-state index contributed by atoms with van der Waals surface area (Å²) in [5.41, 5.74) is 0.864. The standard InChI is InChI=1S/C11H14O5S/c1-9(11(12)13)16-17(14,15)8-7-10-5-3-2-4-6-10/h2-6,9H,7-8H2,1H3,(H,12,13). The monoisotopic (exact) mass is 258 g/mol. The van der Waals surface area contributed by atoms with Crippen LogP contribution in [0.1, 0.15) is 12.5 Å². The number of carboxylic acids is 1. The molecular weight excluding hydrogens is 244 g/mol. The summed E-state index contributed by atoms with van der Waals surface area (Å²) in [4.78, 5) is 10.5. The van der Waals surface area contributed by atoms with Crippen molar-refractivity contribution in [2.45, 2.75) is 19.4 Å². The van der Waals surface area contributed by atoms with E-state index in [-0.39, 0.29) is 5.75 Å². The molecule has 0 heterocycles. The van der Waals surface area contributed by atoms with E-state index < -0.39 is 22.2 Å². The predicted octanol–water partition coefficient (Wildman–Crippen LogP) is 1.05. The molecule has 0 bridgehead atoms. The minimum absolute atomic E-state index is 0.228. The molecule has 0 aliphatic heterocycles. The Kier molecular flexibility index (Phi) is 4.65. The largest absolute Gasteiger partial charge is 0.479 e. The number of rotatable bonds is 6. The highest BCUT2D eigenvalue weighted by atomic mass is 32.2. The van der Waals surface area contributed by atoms with Crippen LogP contribution in [0.4, 0.5) is 0 Å². The Balaban J connectivity index is 2.54. The summed E-state index contributed by atoms with van der Waals surface area (Å²) in [6.45, 7) is 1.18. The Hall–Kier alpha value is -1.40. The van der Waals surface area contributed by atoms with Gasteiger partial charge in [0.15, 0.2) is 6.10 Å². The molecule has 5 nitrogen and oxygen atoms in total. The lowest BCUT2D eigenvalue weighted by molar-refractivity contribution is -0.144. The van der Waals surface area contributed by atoms with Crippen molar-refractivity contribution in [3.63, 3.8) is 0 Å². The Morgan fingerprint density at radius 3 is 2.47 bits per heavy atom. The molecule has 1 aromatic carbocycles. The van der Waals surface area contributed by atoms with Crippen LogP contribution in [0, 0.1) is 0 Å². The first-order valence-electron chi connectivity index (χ1n) is 5.08. The van der Waals surface area contributed by atoms with Crippen molar-refractivity contribution < 1.29 is 22.5 Å². The van der Waals surface area contributed by atoms with E-state index >= 15 is 0 Å². The van der Waals surface area contributed by atoms with Gasteiger partial charge in [0.25, 0.3) is 10.1 Å². The number of aliphatic carboxylic acids is 1. The second-order valence-corrected chi connectivity index (χ2v) is 5.29. The lowest BCUT2D eigenvalue weighted by Crippen LogP contribution is -2.25. The minimum Gasteiger partial charge on any atom is -0.479 e. The summed E-state index contributed by atoms with van der Waals surface area (Å²) >= 11 is 0. The predicted molar refractivity (Wildman–Crippen MR) is 62.1 cm³/mol. The van der Waals surface area contributed by atoms with Crippen LogP contribution in [0.25, 0.3) is 0 Å². The third-order valence-corrected chi connectivity index (χ3v) is 3.41. The number of carboxylic acid groups (broad SMARTS) is 1. The number of aryl methyl sites for hydroxylation is 1. The number of carbonyl (C=O) groups is 1. The zero-order valence-corrected chi connectivity index (χ0v) is 10.2. The average molecular weight is 258 g/mol. The Labute approximate surface area is 100 Å². The first-order valence-corrected chi connectivity index (χ1v) is 6.66. The van der Waals surface area contributed by atoms with Crippen LogP contribution in [0.2, 0.25) is 0 Å². The van der Waals surface area contributed by atoms with Gasteiger partial charge in [-0.05, 0) is 18.9 Å². The lowest BCUT2D eigenvalue weighted by Gasteiger charge is -2.08. The molecular formula is C11H14O5S. The fraction of sp³-hybridized carbons (Fsp3) is 0.364. The molecule has 0 saturated heterocycles. The maximum absolute atomic E-state index is 11.4. The summed E-state index contributed by atoms with van der Waals surface area (Å²) < 4.78 is 27.4. The van der Waals surface area contributed by atoms with Crippen LogP contribution in [-0.2, 0) is 25.5 Å². The average Bonchev–Trinajstić information content (AvgIpc) is 2.27. The molecule has 17 heavy (non-hydrogen) atoms. The smallest absolute Gasteiger partial charge is 0.334 e. The third kappa shape index (κ3) is 4.97. The van der Waals surface area contributed by atoms with Gasteiger partial charge in [-0.2, -0.15) is 8.42 Å². The number of hydrogen-bond acceptors (Lipinski definition) is 4. The highest BCUT2D eigenvalue weighted by Crippen LogP contribution is 2.06. The quantitative estimate of drug-likeness (QED) is 0.771. The molecule has 0 spiro atoms. The zero-order valence-electron chi connectivity index (χ0n) is 9.37. The van der Waals surface area contributed by atoms with E-state index in [2.05, 4.69) is 4.18 Å². The van der Waals surface area contributed by atoms with Gasteiger partial charge in [0.2, 0.25) is 0 Å². The summed E-state index contributed by atoms with van der Waals surface area (Å²) in [7, 11) is -3.80. The third-order valence-electron chi connectivity index (χ3n) is 2.12. The van der Waals surface area contributed by atoms with Crippen LogP contribution in [-0.4, -0.2) is 31.4 Å². The van der Waals surface area contributed by atoms with Crippen molar-refractivity contribution in [3.8, 4) is 0 Å². The van der Waals surface area contributed by atoms with Gasteiger partial charge in [-0.1, -0.05) is 30.3 Å². The van der Waals surface area contributed by atoms with E-state index in [0.29, 0.717) is 6.42 Å². The first-order chi connectivity index (χ1) is 7.91. The van der Waals surface area contributed by atoms with Gasteiger partial charge in [-0.25, -0.2) is 4.79 Å². The van der Waals surface area contributed by atoms with Crippen LogP contribution in [0.15, 0.2) is 30.3 Å². The maximum Gasteiger partial charge on any atom is 0.334 e. The summed E-state index contributed by atoms with van der Waals surface area (Å²) in [6, 6.07) is 9.05. The highest BCUT2D eigenvalue weighted by Gasteiger charge is 2.20. The molecule has 1 rings (SSSR count). The van der Waals surface area contributed by atoms with Gasteiger partial charge < -0.3 is 5.11 Å². The second-order valence-electron chi connectivity index (χ2n) is 3.57. The molecule has 0 radical (unpaired) electrons. The topological polar surface area (TPSA) is 80.7 Å². The normalized spacial score (nSPS) is 13.2. The van der Waals surface area contributed by atoms with Crippen molar-refractivity contribution in [1.29, 1.82) is 0 Å².